The van der Waals surface area contributed by atoms with Gasteiger partial charge in [0, 0.05) is 34.5 Å². The largest absolute Gasteiger partial charge is 0.380 e. The lowest BCUT2D eigenvalue weighted by Crippen LogP contribution is -2.30. The van der Waals surface area contributed by atoms with Gasteiger partial charge in [-0.25, -0.2) is 0 Å². The van der Waals surface area contributed by atoms with E-state index in [1.165, 1.54) is 11.3 Å². The average Bonchev–Trinajstić information content (AvgIpc) is 2.84. The SMILES string of the molecule is COC1CNC(C(=O)c2cscc2Br)C1. The molecule has 3 nitrogen and oxygen atoms in total. The summed E-state index contributed by atoms with van der Waals surface area (Å²) in [6, 6.07) is -0.0964. The predicted octanol–water partition coefficient (Wildman–Crippen LogP) is 2.07. The molecule has 82 valence electrons. The number of ketones is 1. The number of ether oxygens (including phenoxy) is 1. The number of carbonyl (C=O) groups is 1. The first-order chi connectivity index (χ1) is 7.22. The lowest BCUT2D eigenvalue weighted by Gasteiger charge is -2.08. The summed E-state index contributed by atoms with van der Waals surface area (Å²) < 4.78 is 6.10. The Bertz CT molecular complexity index is 366. The summed E-state index contributed by atoms with van der Waals surface area (Å²) in [7, 11) is 1.68. The van der Waals surface area contributed by atoms with Crippen molar-refractivity contribution in [3.8, 4) is 0 Å². The fourth-order valence-electron chi connectivity index (χ4n) is 1.73. The Hall–Kier alpha value is -0.230. The number of hydrogen-bond acceptors (Lipinski definition) is 4. The van der Waals surface area contributed by atoms with Gasteiger partial charge in [-0.05, 0) is 22.4 Å². The van der Waals surface area contributed by atoms with Gasteiger partial charge in [0.1, 0.15) is 0 Å². The highest BCUT2D eigenvalue weighted by Gasteiger charge is 2.30. The third kappa shape index (κ3) is 2.30. The molecule has 1 aromatic rings. The molecule has 1 fully saturated rings. The maximum atomic E-state index is 12.0. The van der Waals surface area contributed by atoms with Crippen LogP contribution in [0.4, 0.5) is 0 Å². The second-order valence-electron chi connectivity index (χ2n) is 3.55. The van der Waals surface area contributed by atoms with Crippen LogP contribution in [0.25, 0.3) is 0 Å². The van der Waals surface area contributed by atoms with Gasteiger partial charge < -0.3 is 10.1 Å². The number of rotatable bonds is 3. The van der Waals surface area contributed by atoms with Gasteiger partial charge in [-0.1, -0.05) is 0 Å². The molecule has 2 unspecified atom stereocenters. The summed E-state index contributed by atoms with van der Waals surface area (Å²) in [6.07, 6.45) is 0.925. The van der Waals surface area contributed by atoms with Gasteiger partial charge in [0.15, 0.2) is 5.78 Å². The zero-order valence-electron chi connectivity index (χ0n) is 8.33. The van der Waals surface area contributed by atoms with E-state index in [0.717, 1.165) is 23.0 Å². The van der Waals surface area contributed by atoms with Crippen LogP contribution in [0.2, 0.25) is 0 Å². The third-order valence-corrected chi connectivity index (χ3v) is 4.32. The Balaban J connectivity index is 2.07. The smallest absolute Gasteiger partial charge is 0.181 e. The lowest BCUT2D eigenvalue weighted by molar-refractivity contribution is 0.0918. The molecular weight excluding hydrogens is 278 g/mol. The minimum absolute atomic E-state index is 0.0964. The molecule has 0 spiro atoms. The van der Waals surface area contributed by atoms with Gasteiger partial charge in [0.25, 0.3) is 0 Å². The van der Waals surface area contributed by atoms with Crippen molar-refractivity contribution < 1.29 is 9.53 Å². The van der Waals surface area contributed by atoms with Crippen molar-refractivity contribution in [2.45, 2.75) is 18.6 Å². The van der Waals surface area contributed by atoms with Gasteiger partial charge in [0.05, 0.1) is 12.1 Å². The summed E-state index contributed by atoms with van der Waals surface area (Å²) in [5.74, 6) is 0.155. The van der Waals surface area contributed by atoms with Crippen LogP contribution in [-0.4, -0.2) is 31.6 Å². The topological polar surface area (TPSA) is 38.3 Å². The molecule has 5 heteroatoms. The van der Waals surface area contributed by atoms with Crippen molar-refractivity contribution in [3.05, 3.63) is 20.8 Å². The Morgan fingerprint density at radius 3 is 3.00 bits per heavy atom. The Morgan fingerprint density at radius 2 is 2.47 bits per heavy atom. The molecule has 1 N–H and O–H groups in total. The summed E-state index contributed by atoms with van der Waals surface area (Å²) in [6.45, 7) is 0.759. The van der Waals surface area contributed by atoms with Gasteiger partial charge in [-0.2, -0.15) is 11.3 Å². The molecule has 1 aromatic heterocycles. The van der Waals surface area contributed by atoms with E-state index in [1.54, 1.807) is 7.11 Å². The molecule has 1 saturated heterocycles. The quantitative estimate of drug-likeness (QED) is 0.866. The first-order valence-electron chi connectivity index (χ1n) is 4.74. The number of methoxy groups -OCH3 is 1. The molecule has 0 bridgehead atoms. The van der Waals surface area contributed by atoms with Crippen LogP contribution in [0.15, 0.2) is 15.2 Å². The van der Waals surface area contributed by atoms with Crippen molar-refractivity contribution in [3.63, 3.8) is 0 Å². The van der Waals surface area contributed by atoms with Crippen molar-refractivity contribution in [2.24, 2.45) is 0 Å². The van der Waals surface area contributed by atoms with E-state index in [4.69, 9.17) is 4.74 Å². The zero-order chi connectivity index (χ0) is 10.8. The first kappa shape index (κ1) is 11.3. The lowest BCUT2D eigenvalue weighted by atomic mass is 10.1. The summed E-state index contributed by atoms with van der Waals surface area (Å²) in [5, 5.41) is 6.99. The van der Waals surface area contributed by atoms with Crippen LogP contribution < -0.4 is 5.32 Å². The fourth-order valence-corrected chi connectivity index (χ4v) is 3.21. The van der Waals surface area contributed by atoms with E-state index in [0.29, 0.717) is 0 Å². The van der Waals surface area contributed by atoms with E-state index in [-0.39, 0.29) is 17.9 Å². The second-order valence-corrected chi connectivity index (χ2v) is 5.15. The highest BCUT2D eigenvalue weighted by molar-refractivity contribution is 9.10. The molecular formula is C10H12BrNO2S. The number of thiophene rings is 1. The fraction of sp³-hybridized carbons (Fsp3) is 0.500. The highest BCUT2D eigenvalue weighted by Crippen LogP contribution is 2.24. The minimum atomic E-state index is -0.0964. The van der Waals surface area contributed by atoms with E-state index >= 15 is 0 Å². The molecule has 2 atom stereocenters. The second kappa shape index (κ2) is 4.74. The zero-order valence-corrected chi connectivity index (χ0v) is 10.7. The van der Waals surface area contributed by atoms with Crippen molar-refractivity contribution >= 4 is 33.0 Å². The number of nitrogens with one attached hydrogen (secondary N) is 1. The van der Waals surface area contributed by atoms with Crippen molar-refractivity contribution in [1.29, 1.82) is 0 Å². The molecule has 0 radical (unpaired) electrons. The van der Waals surface area contributed by atoms with Gasteiger partial charge in [-0.3, -0.25) is 4.79 Å². The summed E-state index contributed by atoms with van der Waals surface area (Å²) in [5.41, 5.74) is 0.772. The normalized spacial score (nSPS) is 25.7. The molecule has 1 aliphatic heterocycles. The maximum Gasteiger partial charge on any atom is 0.181 e. The monoisotopic (exact) mass is 289 g/mol. The highest BCUT2D eigenvalue weighted by atomic mass is 79.9. The number of Topliss-reactive ketones (excluding diaryl/α,β-unsaturated/α-hetero) is 1. The molecule has 0 aliphatic carbocycles. The molecule has 15 heavy (non-hydrogen) atoms. The molecule has 0 amide bonds. The molecule has 0 saturated carbocycles. The predicted molar refractivity (Wildman–Crippen MR) is 63.6 cm³/mol. The Labute approximate surface area is 101 Å². The van der Waals surface area contributed by atoms with Crippen LogP contribution >= 0.6 is 27.3 Å². The minimum Gasteiger partial charge on any atom is -0.380 e. The molecule has 2 heterocycles. The van der Waals surface area contributed by atoms with E-state index in [2.05, 4.69) is 21.2 Å². The summed E-state index contributed by atoms with van der Waals surface area (Å²) in [4.78, 5) is 12.0. The molecule has 1 aliphatic rings. The van der Waals surface area contributed by atoms with Gasteiger partial charge >= 0.3 is 0 Å². The van der Waals surface area contributed by atoms with Crippen molar-refractivity contribution in [1.82, 2.24) is 5.32 Å². The van der Waals surface area contributed by atoms with E-state index < -0.39 is 0 Å². The standard InChI is InChI=1S/C10H12BrNO2S/c1-14-6-2-9(12-3-6)10(13)7-4-15-5-8(7)11/h4-6,9,12H,2-3H2,1H3. The number of halogens is 1. The average molecular weight is 290 g/mol. The van der Waals surface area contributed by atoms with E-state index in [9.17, 15) is 4.79 Å². The van der Waals surface area contributed by atoms with Gasteiger partial charge in [0.2, 0.25) is 0 Å². The maximum absolute atomic E-state index is 12.0. The van der Waals surface area contributed by atoms with Crippen LogP contribution in [0.1, 0.15) is 16.8 Å². The summed E-state index contributed by atoms with van der Waals surface area (Å²) >= 11 is 4.91. The van der Waals surface area contributed by atoms with E-state index in [1.807, 2.05) is 10.8 Å². The van der Waals surface area contributed by atoms with Crippen molar-refractivity contribution in [2.75, 3.05) is 13.7 Å². The van der Waals surface area contributed by atoms with Crippen LogP contribution in [0, 0.1) is 0 Å². The Morgan fingerprint density at radius 1 is 1.67 bits per heavy atom. The molecule has 0 aromatic carbocycles. The van der Waals surface area contributed by atoms with Gasteiger partial charge in [-0.15, -0.1) is 0 Å². The van der Waals surface area contributed by atoms with Crippen LogP contribution in [0.5, 0.6) is 0 Å². The molecule has 2 rings (SSSR count). The van der Waals surface area contributed by atoms with Crippen LogP contribution in [0.3, 0.4) is 0 Å². The third-order valence-electron chi connectivity index (χ3n) is 2.62. The number of carbonyl (C=O) groups excluding carboxylic acids is 1. The Kier molecular flexibility index (Phi) is 3.56. The van der Waals surface area contributed by atoms with Crippen LogP contribution in [-0.2, 0) is 4.74 Å². The first-order valence-corrected chi connectivity index (χ1v) is 6.48. The number of hydrogen-bond donors (Lipinski definition) is 1.